The highest BCUT2D eigenvalue weighted by Gasteiger charge is 2.31. The summed E-state index contributed by atoms with van der Waals surface area (Å²) in [5, 5.41) is 17.1. The summed E-state index contributed by atoms with van der Waals surface area (Å²) in [4.78, 5) is 14.9. The van der Waals surface area contributed by atoms with Crippen molar-refractivity contribution in [3.63, 3.8) is 0 Å². The molecule has 0 spiro atoms. The molecule has 1 amide bonds. The summed E-state index contributed by atoms with van der Waals surface area (Å²) < 4.78 is 1.98. The molecule has 3 rings (SSSR count). The minimum absolute atomic E-state index is 0.0191. The monoisotopic (exact) mass is 342 g/mol. The van der Waals surface area contributed by atoms with Crippen molar-refractivity contribution in [3.8, 4) is 0 Å². The zero-order valence-electron chi connectivity index (χ0n) is 14.9. The third-order valence-electron chi connectivity index (χ3n) is 4.87. The van der Waals surface area contributed by atoms with E-state index in [4.69, 9.17) is 0 Å². The van der Waals surface area contributed by atoms with Crippen molar-refractivity contribution < 1.29 is 9.90 Å². The van der Waals surface area contributed by atoms with Crippen LogP contribution in [0.5, 0.6) is 0 Å². The number of aliphatic hydroxyl groups is 1. The Morgan fingerprint density at radius 1 is 1.32 bits per heavy atom. The van der Waals surface area contributed by atoms with Gasteiger partial charge in [0.25, 0.3) is 0 Å². The van der Waals surface area contributed by atoms with Crippen molar-refractivity contribution in [1.82, 2.24) is 14.7 Å². The molecular weight excluding hydrogens is 316 g/mol. The summed E-state index contributed by atoms with van der Waals surface area (Å²) in [6, 6.07) is 9.36. The first kappa shape index (κ1) is 17.6. The van der Waals surface area contributed by atoms with Crippen molar-refractivity contribution in [1.29, 1.82) is 0 Å². The number of amides is 1. The zero-order chi connectivity index (χ0) is 17.8. The number of hydrogen-bond acceptors (Lipinski definition) is 4. The van der Waals surface area contributed by atoms with E-state index >= 15 is 0 Å². The van der Waals surface area contributed by atoms with E-state index in [1.807, 2.05) is 41.9 Å². The van der Waals surface area contributed by atoms with E-state index in [2.05, 4.69) is 22.2 Å². The molecule has 2 aromatic rings. The average molecular weight is 342 g/mol. The van der Waals surface area contributed by atoms with Crippen LogP contribution in [0.15, 0.2) is 30.3 Å². The second-order valence-electron chi connectivity index (χ2n) is 6.35. The number of aromatic nitrogens is 2. The SMILES string of the molecule is CC[C@@H](C(=O)Nc1ccccc1)N1CCc2c(c(CO)nn2CC)C1. The molecule has 0 unspecified atom stereocenters. The van der Waals surface area contributed by atoms with Crippen molar-refractivity contribution in [2.24, 2.45) is 0 Å². The molecule has 0 saturated heterocycles. The van der Waals surface area contributed by atoms with Crippen LogP contribution in [0.4, 0.5) is 5.69 Å². The van der Waals surface area contributed by atoms with E-state index < -0.39 is 0 Å². The molecule has 0 fully saturated rings. The summed E-state index contributed by atoms with van der Waals surface area (Å²) in [7, 11) is 0. The minimum atomic E-state index is -0.190. The van der Waals surface area contributed by atoms with Gasteiger partial charge in [0.15, 0.2) is 0 Å². The van der Waals surface area contributed by atoms with Gasteiger partial charge in [-0.1, -0.05) is 25.1 Å². The Hall–Kier alpha value is -2.18. The molecule has 2 heterocycles. The molecule has 1 aliphatic heterocycles. The van der Waals surface area contributed by atoms with Crippen molar-refractivity contribution in [2.75, 3.05) is 11.9 Å². The maximum Gasteiger partial charge on any atom is 0.241 e. The Balaban J connectivity index is 1.77. The van der Waals surface area contributed by atoms with Crippen LogP contribution in [0.25, 0.3) is 0 Å². The standard InChI is InChI=1S/C19H26N4O2/c1-3-17(19(25)20-14-8-6-5-7-9-14)22-11-10-18-15(12-22)16(13-24)21-23(18)4-2/h5-9,17,24H,3-4,10-13H2,1-2H3,(H,20,25)/t17-/m0/s1. The Kier molecular flexibility index (Phi) is 5.50. The van der Waals surface area contributed by atoms with E-state index in [9.17, 15) is 9.90 Å². The fraction of sp³-hybridized carbons (Fsp3) is 0.474. The number of nitrogens with zero attached hydrogens (tertiary/aromatic N) is 3. The van der Waals surface area contributed by atoms with Crippen LogP contribution in [0.2, 0.25) is 0 Å². The first-order chi connectivity index (χ1) is 12.2. The second kappa shape index (κ2) is 7.80. The van der Waals surface area contributed by atoms with Crippen molar-refractivity contribution in [3.05, 3.63) is 47.3 Å². The Morgan fingerprint density at radius 3 is 2.72 bits per heavy atom. The van der Waals surface area contributed by atoms with Crippen LogP contribution in [0, 0.1) is 0 Å². The van der Waals surface area contributed by atoms with Gasteiger partial charge in [-0.3, -0.25) is 14.4 Å². The molecule has 1 aliphatic rings. The largest absolute Gasteiger partial charge is 0.390 e. The highest BCUT2D eigenvalue weighted by Crippen LogP contribution is 2.25. The Labute approximate surface area is 148 Å². The molecule has 0 aliphatic carbocycles. The summed E-state index contributed by atoms with van der Waals surface area (Å²) in [5.41, 5.74) is 3.83. The lowest BCUT2D eigenvalue weighted by Gasteiger charge is -2.33. The second-order valence-corrected chi connectivity index (χ2v) is 6.35. The summed E-state index contributed by atoms with van der Waals surface area (Å²) in [6.45, 7) is 6.32. The number of aryl methyl sites for hydroxylation is 1. The zero-order valence-corrected chi connectivity index (χ0v) is 14.9. The van der Waals surface area contributed by atoms with Crippen LogP contribution in [-0.4, -0.2) is 38.3 Å². The van der Waals surface area contributed by atoms with Gasteiger partial charge in [0.05, 0.1) is 18.3 Å². The van der Waals surface area contributed by atoms with E-state index in [0.29, 0.717) is 6.54 Å². The molecule has 1 atom stereocenters. The van der Waals surface area contributed by atoms with Crippen LogP contribution in [0.1, 0.15) is 37.2 Å². The van der Waals surface area contributed by atoms with Gasteiger partial charge in [-0.15, -0.1) is 0 Å². The number of para-hydroxylation sites is 1. The van der Waals surface area contributed by atoms with Gasteiger partial charge >= 0.3 is 0 Å². The number of aliphatic hydroxyl groups excluding tert-OH is 1. The molecule has 0 bridgehead atoms. The summed E-state index contributed by atoms with van der Waals surface area (Å²) in [6.07, 6.45) is 1.59. The molecule has 2 N–H and O–H groups in total. The van der Waals surface area contributed by atoms with E-state index in [1.54, 1.807) is 0 Å². The average Bonchev–Trinajstić information content (AvgIpc) is 3.00. The number of anilines is 1. The highest BCUT2D eigenvalue weighted by molar-refractivity contribution is 5.94. The van der Waals surface area contributed by atoms with Crippen LogP contribution in [0.3, 0.4) is 0 Å². The van der Waals surface area contributed by atoms with Gasteiger partial charge in [0, 0.05) is 43.0 Å². The predicted octanol–water partition coefficient (Wildman–Crippen LogP) is 2.17. The van der Waals surface area contributed by atoms with Gasteiger partial charge in [-0.25, -0.2) is 0 Å². The predicted molar refractivity (Wildman–Crippen MR) is 97.1 cm³/mol. The van der Waals surface area contributed by atoms with Crippen molar-refractivity contribution >= 4 is 11.6 Å². The normalized spacial score (nSPS) is 15.6. The number of hydrogen-bond donors (Lipinski definition) is 2. The lowest BCUT2D eigenvalue weighted by Crippen LogP contribution is -2.46. The van der Waals surface area contributed by atoms with Gasteiger partial charge in [-0.05, 0) is 25.5 Å². The van der Waals surface area contributed by atoms with Gasteiger partial charge < -0.3 is 10.4 Å². The quantitative estimate of drug-likeness (QED) is 0.844. The number of carbonyl (C=O) groups is 1. The number of rotatable bonds is 6. The first-order valence-electron chi connectivity index (χ1n) is 8.96. The fourth-order valence-electron chi connectivity index (χ4n) is 3.59. The number of carbonyl (C=O) groups excluding carboxylic acids is 1. The minimum Gasteiger partial charge on any atom is -0.390 e. The lowest BCUT2D eigenvalue weighted by molar-refractivity contribution is -0.121. The van der Waals surface area contributed by atoms with Gasteiger partial charge in [-0.2, -0.15) is 5.10 Å². The molecule has 134 valence electrons. The van der Waals surface area contributed by atoms with E-state index in [-0.39, 0.29) is 18.6 Å². The molecular formula is C19H26N4O2. The summed E-state index contributed by atoms with van der Waals surface area (Å²) >= 11 is 0. The number of fused-ring (bicyclic) bond motifs is 1. The Morgan fingerprint density at radius 2 is 2.08 bits per heavy atom. The third kappa shape index (κ3) is 3.60. The fourth-order valence-corrected chi connectivity index (χ4v) is 3.59. The maximum absolute atomic E-state index is 12.7. The third-order valence-corrected chi connectivity index (χ3v) is 4.87. The Bertz CT molecular complexity index is 727. The summed E-state index contributed by atoms with van der Waals surface area (Å²) in [5.74, 6) is 0.0191. The van der Waals surface area contributed by atoms with Gasteiger partial charge in [0.2, 0.25) is 5.91 Å². The van der Waals surface area contributed by atoms with E-state index in [1.165, 1.54) is 5.69 Å². The van der Waals surface area contributed by atoms with Crippen LogP contribution >= 0.6 is 0 Å². The molecule has 25 heavy (non-hydrogen) atoms. The van der Waals surface area contributed by atoms with E-state index in [0.717, 1.165) is 42.9 Å². The molecule has 0 saturated carbocycles. The molecule has 6 nitrogen and oxygen atoms in total. The number of benzene rings is 1. The van der Waals surface area contributed by atoms with Gasteiger partial charge in [0.1, 0.15) is 0 Å². The smallest absolute Gasteiger partial charge is 0.241 e. The first-order valence-corrected chi connectivity index (χ1v) is 8.96. The molecule has 1 aromatic carbocycles. The maximum atomic E-state index is 12.7. The van der Waals surface area contributed by atoms with Crippen LogP contribution in [-0.2, 0) is 30.9 Å². The molecule has 0 radical (unpaired) electrons. The molecule has 1 aromatic heterocycles. The topological polar surface area (TPSA) is 70.4 Å². The van der Waals surface area contributed by atoms with Crippen molar-refractivity contribution in [2.45, 2.75) is 52.4 Å². The highest BCUT2D eigenvalue weighted by atomic mass is 16.3. The number of nitrogens with one attached hydrogen (secondary N) is 1. The molecule has 6 heteroatoms. The van der Waals surface area contributed by atoms with Crippen LogP contribution < -0.4 is 5.32 Å². The lowest BCUT2D eigenvalue weighted by atomic mass is 10.0.